The summed E-state index contributed by atoms with van der Waals surface area (Å²) in [6.45, 7) is 1.05. The number of aliphatic hydroxyl groups is 1. The van der Waals surface area contributed by atoms with Gasteiger partial charge in [-0.2, -0.15) is 4.98 Å². The molecule has 0 bridgehead atoms. The van der Waals surface area contributed by atoms with Gasteiger partial charge in [0.25, 0.3) is 11.7 Å². The van der Waals surface area contributed by atoms with Crippen LogP contribution < -0.4 is 5.32 Å². The van der Waals surface area contributed by atoms with Crippen LogP contribution in [-0.4, -0.2) is 40.4 Å². The van der Waals surface area contributed by atoms with Crippen molar-refractivity contribution in [1.82, 2.24) is 4.98 Å². The molecule has 1 saturated heterocycles. The molecule has 0 amide bonds. The minimum Gasteiger partial charge on any atom is -0.423 e. The standard InChI is InChI=1S/C12H13N3O5/c16-12(3-4-19-7-12)6-13-11-14-9-2-1-8(15(17)18)5-10(9)20-11/h1-2,5,16H,3-4,6-7H2,(H,13,14). The SMILES string of the molecule is O=[N+]([O-])c1ccc2nc(NCC3(O)CCOC3)oc2c1. The van der Waals surface area contributed by atoms with Crippen LogP contribution in [0.2, 0.25) is 0 Å². The monoisotopic (exact) mass is 279 g/mol. The van der Waals surface area contributed by atoms with Gasteiger partial charge >= 0.3 is 0 Å². The lowest BCUT2D eigenvalue weighted by molar-refractivity contribution is -0.384. The quantitative estimate of drug-likeness (QED) is 0.641. The van der Waals surface area contributed by atoms with E-state index in [0.29, 0.717) is 24.1 Å². The number of aromatic nitrogens is 1. The van der Waals surface area contributed by atoms with Crippen molar-refractivity contribution >= 4 is 22.8 Å². The minimum absolute atomic E-state index is 0.0528. The lowest BCUT2D eigenvalue weighted by Gasteiger charge is -2.19. The Bertz CT molecular complexity index is 648. The highest BCUT2D eigenvalue weighted by Crippen LogP contribution is 2.25. The molecular formula is C12H13N3O5. The summed E-state index contributed by atoms with van der Waals surface area (Å²) in [7, 11) is 0. The maximum absolute atomic E-state index is 10.7. The van der Waals surface area contributed by atoms with E-state index in [4.69, 9.17) is 9.15 Å². The molecule has 2 N–H and O–H groups in total. The number of rotatable bonds is 4. The summed E-state index contributed by atoms with van der Waals surface area (Å²) in [6, 6.07) is 4.43. The first-order chi connectivity index (χ1) is 9.56. The summed E-state index contributed by atoms with van der Waals surface area (Å²) in [5, 5.41) is 23.7. The van der Waals surface area contributed by atoms with Crippen molar-refractivity contribution in [2.75, 3.05) is 25.1 Å². The van der Waals surface area contributed by atoms with E-state index in [9.17, 15) is 15.2 Å². The number of fused-ring (bicyclic) bond motifs is 1. The number of benzene rings is 1. The Hall–Kier alpha value is -2.19. The number of nitrogens with one attached hydrogen (secondary N) is 1. The molecule has 1 atom stereocenters. The zero-order valence-electron chi connectivity index (χ0n) is 10.5. The lowest BCUT2D eigenvalue weighted by atomic mass is 10.0. The topological polar surface area (TPSA) is 111 Å². The third-order valence-corrected chi connectivity index (χ3v) is 3.23. The first kappa shape index (κ1) is 12.8. The van der Waals surface area contributed by atoms with Gasteiger partial charge in [-0.3, -0.25) is 10.1 Å². The summed E-state index contributed by atoms with van der Waals surface area (Å²) < 4.78 is 10.5. The first-order valence-electron chi connectivity index (χ1n) is 6.15. The van der Waals surface area contributed by atoms with E-state index in [1.54, 1.807) is 0 Å². The van der Waals surface area contributed by atoms with E-state index in [-0.39, 0.29) is 24.9 Å². The van der Waals surface area contributed by atoms with Gasteiger partial charge in [0.1, 0.15) is 11.1 Å². The van der Waals surface area contributed by atoms with E-state index in [0.717, 1.165) is 0 Å². The number of nitro benzene ring substituents is 1. The fourth-order valence-corrected chi connectivity index (χ4v) is 2.08. The highest BCUT2D eigenvalue weighted by atomic mass is 16.6. The molecular weight excluding hydrogens is 266 g/mol. The van der Waals surface area contributed by atoms with E-state index >= 15 is 0 Å². The van der Waals surface area contributed by atoms with Crippen LogP contribution in [0.15, 0.2) is 22.6 Å². The number of nitrogens with zero attached hydrogens (tertiary/aromatic N) is 2. The van der Waals surface area contributed by atoms with Crippen molar-refractivity contribution < 1.29 is 19.2 Å². The average Bonchev–Trinajstić information content (AvgIpc) is 3.01. The number of oxazole rings is 1. The van der Waals surface area contributed by atoms with E-state index in [1.165, 1.54) is 18.2 Å². The molecule has 1 aromatic heterocycles. The predicted octanol–water partition coefficient (Wildman–Crippen LogP) is 1.30. The van der Waals surface area contributed by atoms with E-state index in [2.05, 4.69) is 10.3 Å². The molecule has 0 spiro atoms. The van der Waals surface area contributed by atoms with Gasteiger partial charge in [0.2, 0.25) is 0 Å². The van der Waals surface area contributed by atoms with Crippen molar-refractivity contribution in [3.8, 4) is 0 Å². The molecule has 2 heterocycles. The number of anilines is 1. The Labute approximate surface area is 113 Å². The Morgan fingerprint density at radius 2 is 2.40 bits per heavy atom. The van der Waals surface area contributed by atoms with Crippen LogP contribution in [0, 0.1) is 10.1 Å². The average molecular weight is 279 g/mol. The van der Waals surface area contributed by atoms with E-state index < -0.39 is 10.5 Å². The highest BCUT2D eigenvalue weighted by Gasteiger charge is 2.32. The second-order valence-electron chi connectivity index (χ2n) is 4.81. The number of non-ortho nitro benzene ring substituents is 1. The van der Waals surface area contributed by atoms with Gasteiger partial charge in [-0.15, -0.1) is 0 Å². The normalized spacial score (nSPS) is 22.2. The van der Waals surface area contributed by atoms with Crippen molar-refractivity contribution in [3.63, 3.8) is 0 Å². The molecule has 20 heavy (non-hydrogen) atoms. The molecule has 106 valence electrons. The van der Waals surface area contributed by atoms with Gasteiger partial charge in [0.15, 0.2) is 5.58 Å². The minimum atomic E-state index is -0.924. The number of hydrogen-bond acceptors (Lipinski definition) is 7. The highest BCUT2D eigenvalue weighted by molar-refractivity contribution is 5.77. The van der Waals surface area contributed by atoms with Crippen LogP contribution in [0.1, 0.15) is 6.42 Å². The molecule has 0 saturated carbocycles. The molecule has 1 aromatic carbocycles. The molecule has 8 nitrogen and oxygen atoms in total. The molecule has 3 rings (SSSR count). The van der Waals surface area contributed by atoms with Crippen LogP contribution in [0.5, 0.6) is 0 Å². The number of nitro groups is 1. The first-order valence-corrected chi connectivity index (χ1v) is 6.15. The Morgan fingerprint density at radius 3 is 3.10 bits per heavy atom. The summed E-state index contributed by atoms with van der Waals surface area (Å²) in [6.07, 6.45) is 0.547. The second kappa shape index (κ2) is 4.73. The molecule has 1 aliphatic heterocycles. The molecule has 0 radical (unpaired) electrons. The Morgan fingerprint density at radius 1 is 1.55 bits per heavy atom. The third kappa shape index (κ3) is 2.43. The van der Waals surface area contributed by atoms with E-state index in [1.807, 2.05) is 0 Å². The summed E-state index contributed by atoms with van der Waals surface area (Å²) in [4.78, 5) is 14.3. The predicted molar refractivity (Wildman–Crippen MR) is 69.5 cm³/mol. The van der Waals surface area contributed by atoms with Gasteiger partial charge in [-0.05, 0) is 6.07 Å². The molecule has 2 aromatic rings. The van der Waals surface area contributed by atoms with Gasteiger partial charge in [-0.25, -0.2) is 0 Å². The summed E-state index contributed by atoms with van der Waals surface area (Å²) in [5.74, 6) is 0. The van der Waals surface area contributed by atoms with Gasteiger partial charge in [0.05, 0.1) is 24.1 Å². The van der Waals surface area contributed by atoms with Gasteiger partial charge in [0, 0.05) is 19.1 Å². The molecule has 1 unspecified atom stereocenters. The molecule has 0 aliphatic carbocycles. The Balaban J connectivity index is 1.77. The zero-order valence-corrected chi connectivity index (χ0v) is 10.5. The van der Waals surface area contributed by atoms with Crippen LogP contribution in [-0.2, 0) is 4.74 Å². The van der Waals surface area contributed by atoms with Crippen LogP contribution >= 0.6 is 0 Å². The summed E-state index contributed by atoms with van der Waals surface area (Å²) in [5.41, 5.74) is -0.126. The lowest BCUT2D eigenvalue weighted by Crippen LogP contribution is -2.37. The molecule has 8 heteroatoms. The second-order valence-corrected chi connectivity index (χ2v) is 4.81. The van der Waals surface area contributed by atoms with Crippen molar-refractivity contribution in [1.29, 1.82) is 0 Å². The number of ether oxygens (including phenoxy) is 1. The van der Waals surface area contributed by atoms with Crippen molar-refractivity contribution in [2.24, 2.45) is 0 Å². The molecule has 1 aliphatic rings. The molecule has 1 fully saturated rings. The van der Waals surface area contributed by atoms with Gasteiger partial charge < -0.3 is 19.6 Å². The fraction of sp³-hybridized carbons (Fsp3) is 0.417. The van der Waals surface area contributed by atoms with Gasteiger partial charge in [-0.1, -0.05) is 0 Å². The van der Waals surface area contributed by atoms with Crippen LogP contribution in [0.3, 0.4) is 0 Å². The largest absolute Gasteiger partial charge is 0.423 e. The van der Waals surface area contributed by atoms with Crippen LogP contribution in [0.25, 0.3) is 11.1 Å². The maximum Gasteiger partial charge on any atom is 0.295 e. The zero-order chi connectivity index (χ0) is 14.2. The van der Waals surface area contributed by atoms with Crippen LogP contribution in [0.4, 0.5) is 11.7 Å². The fourth-order valence-electron chi connectivity index (χ4n) is 2.08. The smallest absolute Gasteiger partial charge is 0.295 e. The third-order valence-electron chi connectivity index (χ3n) is 3.23. The number of hydrogen-bond donors (Lipinski definition) is 2. The maximum atomic E-state index is 10.7. The Kier molecular flexibility index (Phi) is 3.03. The van der Waals surface area contributed by atoms with Crippen molar-refractivity contribution in [3.05, 3.63) is 28.3 Å². The van der Waals surface area contributed by atoms with Crippen molar-refractivity contribution in [2.45, 2.75) is 12.0 Å². The summed E-state index contributed by atoms with van der Waals surface area (Å²) >= 11 is 0.